The summed E-state index contributed by atoms with van der Waals surface area (Å²) < 4.78 is 53.5. The third-order valence-corrected chi connectivity index (χ3v) is 6.75. The first-order chi connectivity index (χ1) is 18.2. The largest absolute Gasteiger partial charge is 0.497 e. The molecule has 1 N–H and O–H groups in total. The van der Waals surface area contributed by atoms with Crippen LogP contribution in [0.3, 0.4) is 0 Å². The van der Waals surface area contributed by atoms with Gasteiger partial charge in [0.25, 0.3) is 0 Å². The molecule has 0 spiro atoms. The maximum absolute atomic E-state index is 13.7. The van der Waals surface area contributed by atoms with Gasteiger partial charge in [0, 0.05) is 49.6 Å². The number of para-hydroxylation sites is 1. The van der Waals surface area contributed by atoms with Gasteiger partial charge in [-0.1, -0.05) is 48.0 Å². The maximum Gasteiger partial charge on any atom is 0.417 e. The molecular weight excluding hydrogens is 517 g/mol. The van der Waals surface area contributed by atoms with Crippen LogP contribution in [-0.4, -0.2) is 37.8 Å². The Hall–Kier alpha value is -3.49. The third kappa shape index (κ3) is 6.31. The molecule has 200 valence electrons. The summed E-state index contributed by atoms with van der Waals surface area (Å²) >= 11 is 5.91. The number of alkyl halides is 3. The molecule has 0 aliphatic rings. The number of nitrogens with one attached hydrogen (secondary N) is 1. The molecule has 1 heterocycles. The molecule has 1 atom stereocenters. The highest BCUT2D eigenvalue weighted by molar-refractivity contribution is 6.31. The van der Waals surface area contributed by atoms with Crippen molar-refractivity contribution in [1.82, 2.24) is 9.88 Å². The summed E-state index contributed by atoms with van der Waals surface area (Å²) in [7, 11) is 3.13. The van der Waals surface area contributed by atoms with Crippen LogP contribution in [0.2, 0.25) is 5.02 Å². The van der Waals surface area contributed by atoms with Crippen LogP contribution in [0.25, 0.3) is 10.9 Å². The van der Waals surface area contributed by atoms with Gasteiger partial charge in [-0.25, -0.2) is 0 Å². The lowest BCUT2D eigenvalue weighted by Gasteiger charge is -2.19. The molecule has 4 rings (SSSR count). The molecule has 0 saturated carbocycles. The molecule has 5 nitrogen and oxygen atoms in total. The first-order valence-electron chi connectivity index (χ1n) is 12.0. The second kappa shape index (κ2) is 11.9. The van der Waals surface area contributed by atoms with E-state index < -0.39 is 17.7 Å². The van der Waals surface area contributed by atoms with Gasteiger partial charge in [-0.15, -0.1) is 0 Å². The van der Waals surface area contributed by atoms with Gasteiger partial charge in [0.1, 0.15) is 5.75 Å². The minimum absolute atomic E-state index is 0.0425. The average Bonchev–Trinajstić information content (AvgIpc) is 3.25. The maximum atomic E-state index is 13.7. The fourth-order valence-electron chi connectivity index (χ4n) is 4.55. The summed E-state index contributed by atoms with van der Waals surface area (Å²) in [6.07, 6.45) is -2.75. The molecule has 9 heteroatoms. The van der Waals surface area contributed by atoms with E-state index in [0.717, 1.165) is 33.8 Å². The van der Waals surface area contributed by atoms with E-state index in [-0.39, 0.29) is 17.4 Å². The van der Waals surface area contributed by atoms with Gasteiger partial charge in [0.05, 0.1) is 24.3 Å². The normalized spacial score (nSPS) is 12.5. The van der Waals surface area contributed by atoms with E-state index in [0.29, 0.717) is 25.3 Å². The Bertz CT molecular complexity index is 1400. The van der Waals surface area contributed by atoms with E-state index in [4.69, 9.17) is 21.1 Å². The number of methoxy groups -OCH3 is 2. The lowest BCUT2D eigenvalue weighted by molar-refractivity contribution is -0.137. The number of benzene rings is 3. The van der Waals surface area contributed by atoms with Crippen LogP contribution in [-0.2, 0) is 22.3 Å². The number of carbonyl (C=O) groups excluding carboxylic acids is 1. The van der Waals surface area contributed by atoms with Crippen molar-refractivity contribution in [3.05, 3.63) is 100 Å². The number of amides is 1. The topological polar surface area (TPSA) is 52.5 Å². The number of fused-ring (bicyclic) bond motifs is 1. The van der Waals surface area contributed by atoms with E-state index in [2.05, 4.69) is 5.32 Å². The SMILES string of the molecule is COCCNC(=O)C[C@H](c1ccc(Cl)c(C(F)(F)F)c1)c1cn(Cc2ccc(OC)cc2)c2ccccc12. The van der Waals surface area contributed by atoms with Crippen LogP contribution in [0.15, 0.2) is 72.9 Å². The Kier molecular flexibility index (Phi) is 8.64. The highest BCUT2D eigenvalue weighted by atomic mass is 35.5. The van der Waals surface area contributed by atoms with Crippen molar-refractivity contribution in [2.75, 3.05) is 27.4 Å². The van der Waals surface area contributed by atoms with Crippen molar-refractivity contribution < 1.29 is 27.4 Å². The molecule has 3 aromatic carbocycles. The standard InChI is InChI=1S/C29H28ClF3N2O3/c1-37-14-13-34-28(36)16-23(20-9-12-26(30)25(15-20)29(31,32)33)24-18-35(27-6-4-3-5-22(24)27)17-19-7-10-21(38-2)11-8-19/h3-12,15,18,23H,13-14,16-17H2,1-2H3,(H,34,36)/t23-/m1/s1. The number of carbonyl (C=O) groups is 1. The number of hydrogen-bond donors (Lipinski definition) is 1. The highest BCUT2D eigenvalue weighted by Gasteiger charge is 2.34. The van der Waals surface area contributed by atoms with Crippen molar-refractivity contribution in [2.24, 2.45) is 0 Å². The Morgan fingerprint density at radius 2 is 1.79 bits per heavy atom. The van der Waals surface area contributed by atoms with Gasteiger partial charge < -0.3 is 19.4 Å². The van der Waals surface area contributed by atoms with Gasteiger partial charge in [-0.05, 0) is 47.0 Å². The number of nitrogens with zero attached hydrogens (tertiary/aromatic N) is 1. The molecule has 4 aromatic rings. The zero-order valence-corrected chi connectivity index (χ0v) is 21.8. The Balaban J connectivity index is 1.79. The van der Waals surface area contributed by atoms with Crippen molar-refractivity contribution in [1.29, 1.82) is 0 Å². The average molecular weight is 545 g/mol. The Morgan fingerprint density at radius 1 is 1.05 bits per heavy atom. The van der Waals surface area contributed by atoms with E-state index in [1.54, 1.807) is 13.2 Å². The fourth-order valence-corrected chi connectivity index (χ4v) is 4.77. The van der Waals surface area contributed by atoms with Crippen LogP contribution in [0.4, 0.5) is 13.2 Å². The summed E-state index contributed by atoms with van der Waals surface area (Å²) in [4.78, 5) is 12.9. The molecule has 0 aliphatic carbocycles. The predicted molar refractivity (Wildman–Crippen MR) is 142 cm³/mol. The minimum Gasteiger partial charge on any atom is -0.497 e. The smallest absolute Gasteiger partial charge is 0.417 e. The fraction of sp³-hybridized carbons (Fsp3) is 0.276. The number of aromatic nitrogens is 1. The van der Waals surface area contributed by atoms with Crippen molar-refractivity contribution in [3.63, 3.8) is 0 Å². The van der Waals surface area contributed by atoms with Crippen LogP contribution < -0.4 is 10.1 Å². The molecule has 0 unspecified atom stereocenters. The quantitative estimate of drug-likeness (QED) is 0.227. The molecule has 0 fully saturated rings. The molecule has 0 saturated heterocycles. The number of hydrogen-bond acceptors (Lipinski definition) is 3. The van der Waals surface area contributed by atoms with Crippen LogP contribution >= 0.6 is 11.6 Å². The van der Waals surface area contributed by atoms with Crippen molar-refractivity contribution in [3.8, 4) is 5.75 Å². The van der Waals surface area contributed by atoms with Crippen LogP contribution in [0.1, 0.15) is 34.6 Å². The lowest BCUT2D eigenvalue weighted by atomic mass is 9.87. The van der Waals surface area contributed by atoms with Crippen molar-refractivity contribution >= 4 is 28.4 Å². The molecule has 1 aromatic heterocycles. The van der Waals surface area contributed by atoms with E-state index >= 15 is 0 Å². The summed E-state index contributed by atoms with van der Waals surface area (Å²) in [5.74, 6) is -0.185. The number of ether oxygens (including phenoxy) is 2. The van der Waals surface area contributed by atoms with Gasteiger partial charge in [0.15, 0.2) is 0 Å². The summed E-state index contributed by atoms with van der Waals surface area (Å²) in [6, 6.07) is 19.2. The molecule has 0 bridgehead atoms. The molecular formula is C29H28ClF3N2O3. The summed E-state index contributed by atoms with van der Waals surface area (Å²) in [5.41, 5.74) is 2.12. The second-order valence-electron chi connectivity index (χ2n) is 8.91. The minimum atomic E-state index is -4.62. The zero-order valence-electron chi connectivity index (χ0n) is 21.0. The van der Waals surface area contributed by atoms with Crippen LogP contribution in [0.5, 0.6) is 5.75 Å². The Labute approximate surface area is 224 Å². The summed E-state index contributed by atoms with van der Waals surface area (Å²) in [5, 5.41) is 3.26. The van der Waals surface area contributed by atoms with Crippen molar-refractivity contribution in [2.45, 2.75) is 25.1 Å². The zero-order chi connectivity index (χ0) is 27.3. The molecule has 38 heavy (non-hydrogen) atoms. The van der Waals surface area contributed by atoms with Gasteiger partial charge in [-0.3, -0.25) is 4.79 Å². The van der Waals surface area contributed by atoms with Gasteiger partial charge in [0.2, 0.25) is 5.91 Å². The third-order valence-electron chi connectivity index (χ3n) is 6.42. The first kappa shape index (κ1) is 27.5. The second-order valence-corrected chi connectivity index (χ2v) is 9.32. The highest BCUT2D eigenvalue weighted by Crippen LogP contribution is 2.40. The van der Waals surface area contributed by atoms with E-state index in [1.165, 1.54) is 13.2 Å². The van der Waals surface area contributed by atoms with E-state index in [1.807, 2.05) is 59.3 Å². The first-order valence-corrected chi connectivity index (χ1v) is 12.4. The Morgan fingerprint density at radius 3 is 2.47 bits per heavy atom. The van der Waals surface area contributed by atoms with Gasteiger partial charge >= 0.3 is 6.18 Å². The van der Waals surface area contributed by atoms with E-state index in [9.17, 15) is 18.0 Å². The predicted octanol–water partition coefficient (Wildman–Crippen LogP) is 6.66. The number of halogens is 4. The monoisotopic (exact) mass is 544 g/mol. The van der Waals surface area contributed by atoms with Gasteiger partial charge in [-0.2, -0.15) is 13.2 Å². The lowest BCUT2D eigenvalue weighted by Crippen LogP contribution is -2.28. The molecule has 1 amide bonds. The molecule has 0 aliphatic heterocycles. The molecule has 0 radical (unpaired) electrons. The van der Waals surface area contributed by atoms with Crippen LogP contribution in [0, 0.1) is 0 Å². The number of rotatable bonds is 10. The summed E-state index contributed by atoms with van der Waals surface area (Å²) in [6.45, 7) is 1.16.